The summed E-state index contributed by atoms with van der Waals surface area (Å²) in [6.45, 7) is 0. The zero-order valence-corrected chi connectivity index (χ0v) is 41.4. The zero-order chi connectivity index (χ0) is 49.9. The highest BCUT2D eigenvalue weighted by Gasteiger charge is 2.21. The number of fused-ring (bicyclic) bond motifs is 3. The van der Waals surface area contributed by atoms with E-state index in [0.29, 0.717) is 0 Å². The van der Waals surface area contributed by atoms with Crippen LogP contribution in [-0.4, -0.2) is 0 Å². The minimum Gasteiger partial charge on any atom is -0.310 e. The Labute approximate surface area is 439 Å². The monoisotopic (exact) mass is 953 g/mol. The normalized spacial score (nSPS) is 11.2. The fourth-order valence-electron chi connectivity index (χ4n) is 11.1. The van der Waals surface area contributed by atoms with Crippen molar-refractivity contribution in [2.45, 2.75) is 0 Å². The van der Waals surface area contributed by atoms with Crippen LogP contribution >= 0.6 is 0 Å². The molecule has 0 bridgehead atoms. The summed E-state index contributed by atoms with van der Waals surface area (Å²) in [5.41, 5.74) is 22.3. The smallest absolute Gasteiger partial charge is 0.0540 e. The number of hydrogen-bond acceptors (Lipinski definition) is 1. The second-order valence-electron chi connectivity index (χ2n) is 19.2. The Kier molecular flexibility index (Phi) is 12.0. The van der Waals surface area contributed by atoms with Crippen LogP contribution in [0.4, 0.5) is 17.1 Å². The van der Waals surface area contributed by atoms with Crippen molar-refractivity contribution in [1.29, 1.82) is 0 Å². The topological polar surface area (TPSA) is 3.24 Å². The average molecular weight is 954 g/mol. The predicted octanol–water partition coefficient (Wildman–Crippen LogP) is 20.8. The summed E-state index contributed by atoms with van der Waals surface area (Å²) in [4.78, 5) is 2.42. The third-order valence-electron chi connectivity index (χ3n) is 14.7. The summed E-state index contributed by atoms with van der Waals surface area (Å²) in [7, 11) is 0. The van der Waals surface area contributed by atoms with Gasteiger partial charge in [-0.3, -0.25) is 0 Å². The van der Waals surface area contributed by atoms with Crippen molar-refractivity contribution in [2.75, 3.05) is 4.90 Å². The van der Waals surface area contributed by atoms with Crippen LogP contribution in [0, 0.1) is 0 Å². The molecule has 0 aliphatic rings. The molecule has 352 valence electrons. The van der Waals surface area contributed by atoms with Crippen LogP contribution in [0.25, 0.3) is 111 Å². The fourth-order valence-corrected chi connectivity index (χ4v) is 11.1. The van der Waals surface area contributed by atoms with E-state index in [0.717, 1.165) is 39.3 Å². The van der Waals surface area contributed by atoms with Crippen LogP contribution in [0.2, 0.25) is 0 Å². The molecule has 0 aromatic heterocycles. The maximum Gasteiger partial charge on any atom is 0.0540 e. The van der Waals surface area contributed by atoms with Crippen LogP contribution < -0.4 is 4.90 Å². The number of hydrogen-bond donors (Lipinski definition) is 0. The molecule has 0 aliphatic carbocycles. The Bertz CT molecular complexity index is 4100. The largest absolute Gasteiger partial charge is 0.310 e. The second kappa shape index (κ2) is 20.0. The van der Waals surface area contributed by atoms with Gasteiger partial charge >= 0.3 is 0 Å². The maximum absolute atomic E-state index is 2.42. The molecule has 0 heterocycles. The molecular formula is C74H51N. The summed E-state index contributed by atoms with van der Waals surface area (Å²) in [5, 5.41) is 4.97. The van der Waals surface area contributed by atoms with Crippen molar-refractivity contribution in [3.05, 3.63) is 309 Å². The first-order chi connectivity index (χ1) is 37.2. The van der Waals surface area contributed by atoms with E-state index in [9.17, 15) is 0 Å². The van der Waals surface area contributed by atoms with Crippen LogP contribution in [0.3, 0.4) is 0 Å². The molecule has 1 heteroatoms. The van der Waals surface area contributed by atoms with Gasteiger partial charge in [0.2, 0.25) is 0 Å². The van der Waals surface area contributed by atoms with Gasteiger partial charge in [0.05, 0.1) is 5.69 Å². The Morgan fingerprint density at radius 1 is 0.173 bits per heavy atom. The quantitative estimate of drug-likeness (QED) is 0.117. The Morgan fingerprint density at radius 2 is 0.507 bits per heavy atom. The van der Waals surface area contributed by atoms with Crippen molar-refractivity contribution < 1.29 is 0 Å². The van der Waals surface area contributed by atoms with Crippen LogP contribution in [0.1, 0.15) is 0 Å². The lowest BCUT2D eigenvalue weighted by Gasteiger charge is -2.29. The molecule has 0 unspecified atom stereocenters. The van der Waals surface area contributed by atoms with Gasteiger partial charge in [0.25, 0.3) is 0 Å². The summed E-state index contributed by atoms with van der Waals surface area (Å²) < 4.78 is 0. The first-order valence-electron chi connectivity index (χ1n) is 25.8. The molecule has 13 aromatic carbocycles. The number of benzene rings is 13. The molecule has 0 saturated heterocycles. The van der Waals surface area contributed by atoms with Gasteiger partial charge in [-0.15, -0.1) is 0 Å². The molecule has 13 aromatic rings. The Hall–Kier alpha value is -9.82. The average Bonchev–Trinajstić information content (AvgIpc) is 3.51. The van der Waals surface area contributed by atoms with Crippen molar-refractivity contribution >= 4 is 38.6 Å². The summed E-state index contributed by atoms with van der Waals surface area (Å²) in [5.74, 6) is 0. The molecule has 0 amide bonds. The van der Waals surface area contributed by atoms with E-state index in [-0.39, 0.29) is 0 Å². The SMILES string of the molecule is c1ccc(-c2ccc(-c3ccc(N(c4ccc(-c5ccc6c(-c7ccccc7)c(-c7ccccc7)c7ccccc7c6c5)cc4)c4ccc(-c5ccccc5)cc4-c4ccccc4)cc3)c(-c3ccccc3)c2)cc1. The van der Waals surface area contributed by atoms with E-state index in [1.54, 1.807) is 0 Å². The van der Waals surface area contributed by atoms with E-state index in [1.165, 1.54) is 88.3 Å². The van der Waals surface area contributed by atoms with Crippen LogP contribution in [0.5, 0.6) is 0 Å². The Balaban J connectivity index is 0.950. The summed E-state index contributed by atoms with van der Waals surface area (Å²) >= 11 is 0. The zero-order valence-electron chi connectivity index (χ0n) is 41.4. The van der Waals surface area contributed by atoms with Crippen molar-refractivity contribution in [2.24, 2.45) is 0 Å². The van der Waals surface area contributed by atoms with Crippen molar-refractivity contribution in [1.82, 2.24) is 0 Å². The van der Waals surface area contributed by atoms with Gasteiger partial charge in [0, 0.05) is 16.9 Å². The highest BCUT2D eigenvalue weighted by molar-refractivity contribution is 6.22. The first-order valence-corrected chi connectivity index (χ1v) is 25.8. The molecule has 0 saturated carbocycles. The molecule has 0 spiro atoms. The molecule has 75 heavy (non-hydrogen) atoms. The lowest BCUT2D eigenvalue weighted by atomic mass is 9.84. The predicted molar refractivity (Wildman–Crippen MR) is 320 cm³/mol. The fraction of sp³-hybridized carbons (Fsp3) is 0. The van der Waals surface area contributed by atoms with E-state index < -0.39 is 0 Å². The molecular weight excluding hydrogens is 903 g/mol. The maximum atomic E-state index is 2.42. The van der Waals surface area contributed by atoms with Gasteiger partial charge in [-0.1, -0.05) is 261 Å². The van der Waals surface area contributed by atoms with Gasteiger partial charge in [0.1, 0.15) is 0 Å². The molecule has 1 nitrogen and oxygen atoms in total. The lowest BCUT2D eigenvalue weighted by Crippen LogP contribution is -2.11. The molecule has 0 atom stereocenters. The minimum absolute atomic E-state index is 1.07. The van der Waals surface area contributed by atoms with Crippen LogP contribution in [-0.2, 0) is 0 Å². The molecule has 0 aliphatic heterocycles. The summed E-state index contributed by atoms with van der Waals surface area (Å²) in [6.07, 6.45) is 0. The number of nitrogens with zero attached hydrogens (tertiary/aromatic N) is 1. The summed E-state index contributed by atoms with van der Waals surface area (Å²) in [6, 6.07) is 113. The van der Waals surface area contributed by atoms with Crippen LogP contribution in [0.15, 0.2) is 309 Å². The lowest BCUT2D eigenvalue weighted by molar-refractivity contribution is 1.28. The van der Waals surface area contributed by atoms with E-state index >= 15 is 0 Å². The van der Waals surface area contributed by atoms with Crippen molar-refractivity contribution in [3.63, 3.8) is 0 Å². The minimum atomic E-state index is 1.07. The third-order valence-corrected chi connectivity index (χ3v) is 14.7. The third kappa shape index (κ3) is 8.77. The molecule has 13 rings (SSSR count). The van der Waals surface area contributed by atoms with Gasteiger partial charge in [0.15, 0.2) is 0 Å². The Morgan fingerprint density at radius 3 is 1.03 bits per heavy atom. The van der Waals surface area contributed by atoms with Gasteiger partial charge in [-0.2, -0.15) is 0 Å². The van der Waals surface area contributed by atoms with Crippen molar-refractivity contribution in [3.8, 4) is 89.0 Å². The second-order valence-corrected chi connectivity index (χ2v) is 19.2. The molecule has 0 fully saturated rings. The van der Waals surface area contributed by atoms with Gasteiger partial charge in [-0.25, -0.2) is 0 Å². The van der Waals surface area contributed by atoms with Gasteiger partial charge in [-0.05, 0) is 154 Å². The van der Waals surface area contributed by atoms with E-state index in [1.807, 2.05) is 0 Å². The highest BCUT2D eigenvalue weighted by Crippen LogP contribution is 2.47. The molecule has 0 radical (unpaired) electrons. The number of anilines is 3. The van der Waals surface area contributed by atoms with E-state index in [2.05, 4.69) is 314 Å². The first kappa shape index (κ1) is 45.1. The molecule has 0 N–H and O–H groups in total. The van der Waals surface area contributed by atoms with E-state index in [4.69, 9.17) is 0 Å². The highest BCUT2D eigenvalue weighted by atomic mass is 15.1. The van der Waals surface area contributed by atoms with Gasteiger partial charge < -0.3 is 4.90 Å². The standard InChI is InChI=1S/C74H51N/c1-7-21-52(22-8-1)60-39-46-65(69(49-60)55-25-11-3-12-26-55)57-37-44-64(45-38-57)75(72-48-41-62(53-23-9-2-10-24-53)50-70(72)56-27-13-4-14-28-56)63-42-35-54(36-43-63)61-40-47-68-71(51-61)66-33-19-20-34-67(66)73(58-29-15-5-16-30-58)74(68)59-31-17-6-18-32-59/h1-51H. The number of rotatable bonds is 11.